The number of nitrogens with zero attached hydrogens (tertiary/aromatic N) is 3. The number of hydrogen-bond donors (Lipinski definition) is 2. The summed E-state index contributed by atoms with van der Waals surface area (Å²) in [5.41, 5.74) is 8.56. The smallest absolute Gasteiger partial charge is 0.423 e. The van der Waals surface area contributed by atoms with Crippen LogP contribution in [-0.2, 0) is 16.8 Å². The van der Waals surface area contributed by atoms with E-state index in [1.807, 2.05) is 0 Å². The SMILES string of the molecule is Cc1c(CN=[N+]=[N-])cc(S(=O)(=O)F)cc1B(O)O. The quantitative estimate of drug-likeness (QED) is 0.266. The Labute approximate surface area is 103 Å². The zero-order chi connectivity index (χ0) is 13.9. The van der Waals surface area contributed by atoms with Crippen molar-refractivity contribution in [1.82, 2.24) is 0 Å². The van der Waals surface area contributed by atoms with Gasteiger partial charge in [0, 0.05) is 4.91 Å². The van der Waals surface area contributed by atoms with Crippen LogP contribution in [0.3, 0.4) is 0 Å². The molecule has 0 unspecified atom stereocenters. The van der Waals surface area contributed by atoms with Gasteiger partial charge in [0.05, 0.1) is 11.4 Å². The molecule has 0 spiro atoms. The molecule has 0 aliphatic carbocycles. The highest BCUT2D eigenvalue weighted by molar-refractivity contribution is 7.86. The highest BCUT2D eigenvalue weighted by Crippen LogP contribution is 2.17. The molecule has 0 saturated carbocycles. The van der Waals surface area contributed by atoms with E-state index in [4.69, 9.17) is 15.6 Å². The van der Waals surface area contributed by atoms with Gasteiger partial charge in [0.1, 0.15) is 0 Å². The topological polar surface area (TPSA) is 123 Å². The van der Waals surface area contributed by atoms with E-state index >= 15 is 0 Å². The van der Waals surface area contributed by atoms with Gasteiger partial charge >= 0.3 is 17.3 Å². The fraction of sp³-hybridized carbons (Fsp3) is 0.250. The third kappa shape index (κ3) is 3.20. The van der Waals surface area contributed by atoms with E-state index in [2.05, 4.69) is 10.0 Å². The van der Waals surface area contributed by atoms with Crippen molar-refractivity contribution in [2.75, 3.05) is 0 Å². The second-order valence-corrected chi connectivity index (χ2v) is 4.84. The average Bonchev–Trinajstić information content (AvgIpc) is 2.25. The van der Waals surface area contributed by atoms with Crippen molar-refractivity contribution >= 4 is 22.8 Å². The molecule has 0 saturated heterocycles. The van der Waals surface area contributed by atoms with E-state index in [0.717, 1.165) is 12.1 Å². The molecule has 0 aromatic heterocycles. The van der Waals surface area contributed by atoms with Crippen molar-refractivity contribution in [2.45, 2.75) is 18.4 Å². The third-order valence-electron chi connectivity index (χ3n) is 2.39. The molecule has 1 aromatic carbocycles. The molecule has 1 aromatic rings. The summed E-state index contributed by atoms with van der Waals surface area (Å²) in [5.74, 6) is 0. The second-order valence-electron chi connectivity index (χ2n) is 3.50. The molecule has 96 valence electrons. The van der Waals surface area contributed by atoms with Crippen LogP contribution in [0, 0.1) is 6.92 Å². The molecule has 0 bridgehead atoms. The van der Waals surface area contributed by atoms with Crippen LogP contribution in [0.1, 0.15) is 11.1 Å². The van der Waals surface area contributed by atoms with Gasteiger partial charge in [0.2, 0.25) is 0 Å². The minimum atomic E-state index is -4.98. The molecule has 0 aliphatic heterocycles. The first-order chi connectivity index (χ1) is 8.27. The van der Waals surface area contributed by atoms with Crippen LogP contribution in [0.5, 0.6) is 0 Å². The van der Waals surface area contributed by atoms with Crippen LogP contribution in [0.2, 0.25) is 0 Å². The number of benzene rings is 1. The summed E-state index contributed by atoms with van der Waals surface area (Å²) >= 11 is 0. The van der Waals surface area contributed by atoms with Crippen molar-refractivity contribution < 1.29 is 22.4 Å². The zero-order valence-corrected chi connectivity index (χ0v) is 10.1. The Balaban J connectivity index is 3.51. The van der Waals surface area contributed by atoms with Gasteiger partial charge in [-0.05, 0) is 41.2 Å². The van der Waals surface area contributed by atoms with Crippen LogP contribution < -0.4 is 5.46 Å². The minimum Gasteiger partial charge on any atom is -0.423 e. The summed E-state index contributed by atoms with van der Waals surface area (Å²) < 4.78 is 34.5. The molecule has 18 heavy (non-hydrogen) atoms. The Hall–Kier alpha value is -1.61. The van der Waals surface area contributed by atoms with E-state index in [0.29, 0.717) is 5.56 Å². The fourth-order valence-corrected chi connectivity index (χ4v) is 2.00. The summed E-state index contributed by atoms with van der Waals surface area (Å²) in [6.45, 7) is 1.26. The molecule has 0 aliphatic rings. The predicted molar refractivity (Wildman–Crippen MR) is 62.1 cm³/mol. The van der Waals surface area contributed by atoms with Gasteiger partial charge in [-0.25, -0.2) is 0 Å². The van der Waals surface area contributed by atoms with E-state index in [9.17, 15) is 12.3 Å². The predicted octanol–water partition coefficient (Wildman–Crippen LogP) is 0.143. The van der Waals surface area contributed by atoms with Crippen LogP contribution in [0.15, 0.2) is 22.1 Å². The lowest BCUT2D eigenvalue weighted by atomic mass is 9.76. The van der Waals surface area contributed by atoms with Crippen molar-refractivity contribution in [3.63, 3.8) is 0 Å². The van der Waals surface area contributed by atoms with Crippen LogP contribution >= 0.6 is 0 Å². The monoisotopic (exact) mass is 273 g/mol. The number of halogens is 1. The average molecular weight is 273 g/mol. The first-order valence-electron chi connectivity index (χ1n) is 4.72. The largest absolute Gasteiger partial charge is 0.488 e. The summed E-state index contributed by atoms with van der Waals surface area (Å²) in [5, 5.41) is 21.4. The standard InChI is InChI=1S/C8H9BFN3O4S/c1-5-6(4-12-13-11)2-7(18(10,16)17)3-8(5)9(14)15/h2-3,14-15H,4H2,1H3. The lowest BCUT2D eigenvalue weighted by Gasteiger charge is -2.11. The Morgan fingerprint density at radius 2 is 2.11 bits per heavy atom. The number of hydrogen-bond acceptors (Lipinski definition) is 5. The molecule has 1 rings (SSSR count). The first-order valence-corrected chi connectivity index (χ1v) is 6.10. The van der Waals surface area contributed by atoms with E-state index < -0.39 is 22.2 Å². The Morgan fingerprint density at radius 1 is 1.50 bits per heavy atom. The second kappa shape index (κ2) is 5.36. The summed E-state index contributed by atoms with van der Waals surface area (Å²) in [4.78, 5) is 1.79. The van der Waals surface area contributed by atoms with Gasteiger partial charge in [-0.15, -0.1) is 3.89 Å². The highest BCUT2D eigenvalue weighted by atomic mass is 32.3. The first kappa shape index (κ1) is 14.5. The van der Waals surface area contributed by atoms with E-state index in [1.165, 1.54) is 6.92 Å². The lowest BCUT2D eigenvalue weighted by molar-refractivity contribution is 0.425. The van der Waals surface area contributed by atoms with E-state index in [1.54, 1.807) is 0 Å². The van der Waals surface area contributed by atoms with Gasteiger partial charge < -0.3 is 10.0 Å². The van der Waals surface area contributed by atoms with Crippen molar-refractivity contribution in [3.8, 4) is 0 Å². The molecular formula is C8H9BFN3O4S. The molecule has 0 heterocycles. The summed E-state index contributed by atoms with van der Waals surface area (Å²) in [7, 11) is -6.93. The Bertz CT molecular complexity index is 613. The van der Waals surface area contributed by atoms with Crippen LogP contribution in [0.25, 0.3) is 10.4 Å². The number of rotatable bonds is 4. The van der Waals surface area contributed by atoms with Crippen LogP contribution in [-0.4, -0.2) is 25.6 Å². The molecule has 0 amide bonds. The van der Waals surface area contributed by atoms with Gasteiger partial charge in [-0.2, -0.15) is 8.42 Å². The van der Waals surface area contributed by atoms with Gasteiger partial charge in [0.25, 0.3) is 0 Å². The summed E-state index contributed by atoms with van der Waals surface area (Å²) in [6.07, 6.45) is 0. The van der Waals surface area contributed by atoms with Gasteiger partial charge in [0.15, 0.2) is 0 Å². The molecule has 10 heteroatoms. The summed E-state index contributed by atoms with van der Waals surface area (Å²) in [6, 6.07) is 1.82. The van der Waals surface area contributed by atoms with Gasteiger partial charge in [-0.3, -0.25) is 0 Å². The minimum absolute atomic E-state index is 0.156. The van der Waals surface area contributed by atoms with E-state index in [-0.39, 0.29) is 17.6 Å². The molecule has 7 nitrogen and oxygen atoms in total. The molecule has 0 radical (unpaired) electrons. The zero-order valence-electron chi connectivity index (χ0n) is 9.28. The van der Waals surface area contributed by atoms with Crippen molar-refractivity contribution in [1.29, 1.82) is 0 Å². The fourth-order valence-electron chi connectivity index (χ4n) is 1.45. The third-order valence-corrected chi connectivity index (χ3v) is 3.19. The molecule has 0 atom stereocenters. The maximum absolute atomic E-state index is 12.9. The Morgan fingerprint density at radius 3 is 2.56 bits per heavy atom. The number of azide groups is 1. The van der Waals surface area contributed by atoms with Gasteiger partial charge in [-0.1, -0.05) is 5.11 Å². The van der Waals surface area contributed by atoms with Crippen molar-refractivity contribution in [2.24, 2.45) is 5.11 Å². The molecule has 2 N–H and O–H groups in total. The molecular weight excluding hydrogens is 264 g/mol. The maximum atomic E-state index is 12.9. The highest BCUT2D eigenvalue weighted by Gasteiger charge is 2.22. The lowest BCUT2D eigenvalue weighted by Crippen LogP contribution is -2.33. The van der Waals surface area contributed by atoms with Crippen molar-refractivity contribution in [3.05, 3.63) is 33.7 Å². The normalized spacial score (nSPS) is 10.9. The maximum Gasteiger partial charge on any atom is 0.488 e. The van der Waals surface area contributed by atoms with Crippen LogP contribution in [0.4, 0.5) is 3.89 Å². The Kier molecular flexibility index (Phi) is 4.30. The molecule has 0 fully saturated rings.